The van der Waals surface area contributed by atoms with Crippen LogP contribution in [0.2, 0.25) is 0 Å². The first-order valence-corrected chi connectivity index (χ1v) is 7.79. The molecule has 3 heteroatoms. The van der Waals surface area contributed by atoms with Gasteiger partial charge in [-0.3, -0.25) is 0 Å². The number of ether oxygens (including phenoxy) is 1. The van der Waals surface area contributed by atoms with Crippen molar-refractivity contribution in [3.8, 4) is 0 Å². The van der Waals surface area contributed by atoms with Crippen LogP contribution in [0.15, 0.2) is 24.3 Å². The van der Waals surface area contributed by atoms with E-state index in [-0.39, 0.29) is 6.10 Å². The first kappa shape index (κ1) is 14.1. The van der Waals surface area contributed by atoms with Gasteiger partial charge in [-0.15, -0.1) is 0 Å². The highest BCUT2D eigenvalue weighted by atomic mass is 16.5. The third kappa shape index (κ3) is 2.90. The van der Waals surface area contributed by atoms with E-state index in [9.17, 15) is 5.11 Å². The van der Waals surface area contributed by atoms with Gasteiger partial charge in [0, 0.05) is 13.0 Å². The largest absolute Gasteiger partial charge is 0.390 e. The van der Waals surface area contributed by atoms with Crippen LogP contribution in [0.4, 0.5) is 0 Å². The standard InChI is InChI=1S/C17H25NO2/c1-17(19,14-6-4-9-18-12-14)11-16-15-7-3-2-5-13(15)8-10-20-16/h2-3,5,7,14,16,18-19H,4,6,8-12H2,1H3. The second kappa shape index (κ2) is 5.84. The smallest absolute Gasteiger partial charge is 0.0855 e. The predicted molar refractivity (Wildman–Crippen MR) is 79.7 cm³/mol. The fourth-order valence-electron chi connectivity index (χ4n) is 3.57. The number of rotatable bonds is 3. The van der Waals surface area contributed by atoms with Crippen molar-refractivity contribution < 1.29 is 9.84 Å². The SMILES string of the molecule is CC(O)(CC1OCCc2ccccc21)C1CCCNC1. The average molecular weight is 275 g/mol. The maximum absolute atomic E-state index is 10.9. The zero-order chi connectivity index (χ0) is 14.0. The van der Waals surface area contributed by atoms with E-state index >= 15 is 0 Å². The molecule has 0 aromatic heterocycles. The topological polar surface area (TPSA) is 41.5 Å². The number of fused-ring (bicyclic) bond motifs is 1. The molecule has 1 aromatic carbocycles. The molecule has 2 N–H and O–H groups in total. The molecule has 0 spiro atoms. The first-order valence-electron chi connectivity index (χ1n) is 7.79. The summed E-state index contributed by atoms with van der Waals surface area (Å²) in [4.78, 5) is 0. The van der Waals surface area contributed by atoms with Gasteiger partial charge in [0.05, 0.1) is 18.3 Å². The molecule has 1 aromatic rings. The Labute approximate surface area is 121 Å². The minimum absolute atomic E-state index is 0.0388. The Morgan fingerprint density at radius 3 is 3.05 bits per heavy atom. The molecule has 1 saturated heterocycles. The van der Waals surface area contributed by atoms with Crippen molar-refractivity contribution in [1.29, 1.82) is 0 Å². The van der Waals surface area contributed by atoms with Crippen molar-refractivity contribution in [3.05, 3.63) is 35.4 Å². The molecule has 3 unspecified atom stereocenters. The highest BCUT2D eigenvalue weighted by Gasteiger charge is 2.37. The van der Waals surface area contributed by atoms with Gasteiger partial charge in [-0.05, 0) is 49.8 Å². The molecular formula is C17H25NO2. The second-order valence-electron chi connectivity index (χ2n) is 6.41. The van der Waals surface area contributed by atoms with Crippen LogP contribution in [0, 0.1) is 5.92 Å². The molecule has 3 atom stereocenters. The molecule has 110 valence electrons. The average Bonchev–Trinajstić information content (AvgIpc) is 2.48. The molecule has 0 aliphatic carbocycles. The van der Waals surface area contributed by atoms with E-state index in [4.69, 9.17) is 4.74 Å². The Hall–Kier alpha value is -0.900. The maximum Gasteiger partial charge on any atom is 0.0855 e. The van der Waals surface area contributed by atoms with Crippen molar-refractivity contribution in [1.82, 2.24) is 5.32 Å². The van der Waals surface area contributed by atoms with Gasteiger partial charge in [-0.25, -0.2) is 0 Å². The number of hydrogen-bond donors (Lipinski definition) is 2. The van der Waals surface area contributed by atoms with E-state index in [1.54, 1.807) is 0 Å². The zero-order valence-corrected chi connectivity index (χ0v) is 12.3. The number of aliphatic hydroxyl groups is 1. The van der Waals surface area contributed by atoms with Crippen molar-refractivity contribution in [2.75, 3.05) is 19.7 Å². The van der Waals surface area contributed by atoms with E-state index in [2.05, 4.69) is 29.6 Å². The van der Waals surface area contributed by atoms with Gasteiger partial charge in [-0.2, -0.15) is 0 Å². The fraction of sp³-hybridized carbons (Fsp3) is 0.647. The maximum atomic E-state index is 10.9. The van der Waals surface area contributed by atoms with Crippen LogP contribution >= 0.6 is 0 Å². The van der Waals surface area contributed by atoms with Crippen LogP contribution < -0.4 is 5.32 Å². The minimum Gasteiger partial charge on any atom is -0.390 e. The quantitative estimate of drug-likeness (QED) is 0.890. The molecule has 1 fully saturated rings. The molecule has 0 bridgehead atoms. The molecule has 3 nitrogen and oxygen atoms in total. The molecule has 20 heavy (non-hydrogen) atoms. The Bertz CT molecular complexity index is 452. The monoisotopic (exact) mass is 275 g/mol. The number of nitrogens with one attached hydrogen (secondary N) is 1. The summed E-state index contributed by atoms with van der Waals surface area (Å²) in [7, 11) is 0. The molecule has 2 aliphatic heterocycles. The Kier molecular flexibility index (Phi) is 4.11. The number of benzene rings is 1. The summed E-state index contributed by atoms with van der Waals surface area (Å²) in [5.74, 6) is 0.328. The lowest BCUT2D eigenvalue weighted by Crippen LogP contribution is -2.45. The third-order valence-corrected chi connectivity index (χ3v) is 4.87. The highest BCUT2D eigenvalue weighted by molar-refractivity contribution is 5.31. The summed E-state index contributed by atoms with van der Waals surface area (Å²) in [6, 6.07) is 8.48. The van der Waals surface area contributed by atoms with Crippen molar-refractivity contribution in [2.24, 2.45) is 5.92 Å². The normalized spacial score (nSPS) is 29.5. The Balaban J connectivity index is 1.74. The molecule has 3 rings (SSSR count). The van der Waals surface area contributed by atoms with Crippen LogP contribution in [0.3, 0.4) is 0 Å². The lowest BCUT2D eigenvalue weighted by Gasteiger charge is -2.39. The van der Waals surface area contributed by atoms with E-state index in [1.165, 1.54) is 11.1 Å². The fourth-order valence-corrected chi connectivity index (χ4v) is 3.57. The number of hydrogen-bond acceptors (Lipinski definition) is 3. The molecule has 2 heterocycles. The summed E-state index contributed by atoms with van der Waals surface area (Å²) < 4.78 is 5.95. The van der Waals surface area contributed by atoms with Crippen molar-refractivity contribution >= 4 is 0 Å². The molecule has 0 saturated carbocycles. The summed E-state index contributed by atoms with van der Waals surface area (Å²) in [5, 5.41) is 14.3. The van der Waals surface area contributed by atoms with E-state index < -0.39 is 5.60 Å². The van der Waals surface area contributed by atoms with Gasteiger partial charge in [0.15, 0.2) is 0 Å². The summed E-state index contributed by atoms with van der Waals surface area (Å²) >= 11 is 0. The molecular weight excluding hydrogens is 250 g/mol. The Morgan fingerprint density at radius 2 is 2.25 bits per heavy atom. The molecule has 2 aliphatic rings. The van der Waals surface area contributed by atoms with Crippen LogP contribution in [0.5, 0.6) is 0 Å². The predicted octanol–water partition coefficient (Wildman–Crippen LogP) is 2.44. The summed E-state index contributed by atoms with van der Waals surface area (Å²) in [5.41, 5.74) is 1.98. The van der Waals surface area contributed by atoms with Crippen LogP contribution in [0.1, 0.15) is 43.4 Å². The van der Waals surface area contributed by atoms with Crippen LogP contribution in [-0.4, -0.2) is 30.4 Å². The van der Waals surface area contributed by atoms with E-state index in [1.807, 2.05) is 6.92 Å². The molecule has 0 radical (unpaired) electrons. The second-order valence-corrected chi connectivity index (χ2v) is 6.41. The van der Waals surface area contributed by atoms with Crippen LogP contribution in [-0.2, 0) is 11.2 Å². The highest BCUT2D eigenvalue weighted by Crippen LogP contribution is 2.37. The Morgan fingerprint density at radius 1 is 1.40 bits per heavy atom. The van der Waals surface area contributed by atoms with Gasteiger partial charge in [0.2, 0.25) is 0 Å². The minimum atomic E-state index is -0.664. The first-order chi connectivity index (χ1) is 9.67. The lowest BCUT2D eigenvalue weighted by molar-refractivity contribution is -0.0718. The van der Waals surface area contributed by atoms with Crippen LogP contribution in [0.25, 0.3) is 0 Å². The lowest BCUT2D eigenvalue weighted by atomic mass is 9.78. The van der Waals surface area contributed by atoms with Crippen molar-refractivity contribution in [3.63, 3.8) is 0 Å². The summed E-state index contributed by atoms with van der Waals surface area (Å²) in [6.45, 7) is 4.74. The summed E-state index contributed by atoms with van der Waals surface area (Å²) in [6.07, 6.45) is 3.98. The van der Waals surface area contributed by atoms with E-state index in [0.29, 0.717) is 12.3 Å². The molecule has 0 amide bonds. The van der Waals surface area contributed by atoms with Gasteiger partial charge in [-0.1, -0.05) is 24.3 Å². The number of piperidine rings is 1. The van der Waals surface area contributed by atoms with Gasteiger partial charge in [0.25, 0.3) is 0 Å². The van der Waals surface area contributed by atoms with Gasteiger partial charge < -0.3 is 15.2 Å². The van der Waals surface area contributed by atoms with Crippen molar-refractivity contribution in [2.45, 2.75) is 44.3 Å². The van der Waals surface area contributed by atoms with Gasteiger partial charge in [0.1, 0.15) is 0 Å². The van der Waals surface area contributed by atoms with E-state index in [0.717, 1.165) is 39.0 Å². The third-order valence-electron chi connectivity index (χ3n) is 4.87. The van der Waals surface area contributed by atoms with Gasteiger partial charge >= 0.3 is 0 Å². The zero-order valence-electron chi connectivity index (χ0n) is 12.3.